The normalized spacial score (nSPS) is 30.6. The van der Waals surface area contributed by atoms with Crippen LogP contribution in [0.25, 0.3) is 0 Å². The van der Waals surface area contributed by atoms with Crippen LogP contribution in [0.5, 0.6) is 0 Å². The zero-order chi connectivity index (χ0) is 5.11. The highest BCUT2D eigenvalue weighted by molar-refractivity contribution is 8.77. The first-order valence-electron chi connectivity index (χ1n) is 2.17. The lowest BCUT2D eigenvalue weighted by Gasteiger charge is -1.88. The molecule has 1 aliphatic heterocycles. The molecule has 1 rings (SSSR count). The molecule has 0 aliphatic carbocycles. The number of hydrogen-bond donors (Lipinski definition) is 0. The topological polar surface area (TPSA) is 17.1 Å². The molecule has 1 atom stereocenters. The van der Waals surface area contributed by atoms with Crippen molar-refractivity contribution in [1.82, 2.24) is 0 Å². The van der Waals surface area contributed by atoms with Crippen LogP contribution in [-0.4, -0.2) is 17.3 Å². The molecule has 3 heteroatoms. The van der Waals surface area contributed by atoms with E-state index in [2.05, 4.69) is 0 Å². The summed E-state index contributed by atoms with van der Waals surface area (Å²) in [5.41, 5.74) is 0. The second-order valence-electron chi connectivity index (χ2n) is 1.38. The van der Waals surface area contributed by atoms with Crippen LogP contribution in [0.1, 0.15) is 6.42 Å². The van der Waals surface area contributed by atoms with Crippen molar-refractivity contribution in [3.05, 3.63) is 0 Å². The van der Waals surface area contributed by atoms with Gasteiger partial charge in [-0.05, 0) is 6.42 Å². The lowest BCUT2D eigenvalue weighted by atomic mass is 10.4. The van der Waals surface area contributed by atoms with E-state index in [1.165, 1.54) is 0 Å². The smallest absolute Gasteiger partial charge is 0.133 e. The van der Waals surface area contributed by atoms with E-state index in [4.69, 9.17) is 0 Å². The molecular weight excluding hydrogens is 128 g/mol. The van der Waals surface area contributed by atoms with Crippen molar-refractivity contribution in [3.8, 4) is 0 Å². The molecule has 0 bridgehead atoms. The Kier molecular flexibility index (Phi) is 2.06. The van der Waals surface area contributed by atoms with Crippen LogP contribution < -0.4 is 0 Å². The van der Waals surface area contributed by atoms with Gasteiger partial charge in [0.25, 0.3) is 0 Å². The molecule has 1 nitrogen and oxygen atoms in total. The van der Waals surface area contributed by atoms with Crippen molar-refractivity contribution < 1.29 is 4.79 Å². The van der Waals surface area contributed by atoms with E-state index >= 15 is 0 Å². The Morgan fingerprint density at radius 3 is 2.86 bits per heavy atom. The summed E-state index contributed by atoms with van der Waals surface area (Å²) in [4.78, 5) is 9.97. The first kappa shape index (κ1) is 5.51. The fourth-order valence-electron chi connectivity index (χ4n) is 0.439. The van der Waals surface area contributed by atoms with E-state index in [-0.39, 0.29) is 0 Å². The second kappa shape index (κ2) is 2.62. The van der Waals surface area contributed by atoms with Crippen molar-refractivity contribution in [3.63, 3.8) is 0 Å². The summed E-state index contributed by atoms with van der Waals surface area (Å²) in [5.74, 6) is 1.15. The second-order valence-corrected chi connectivity index (χ2v) is 4.11. The molecule has 0 radical (unpaired) electrons. The Labute approximate surface area is 50.6 Å². The molecule has 0 N–H and O–H groups in total. The lowest BCUT2D eigenvalue weighted by Crippen LogP contribution is -1.96. The maximum atomic E-state index is 9.97. The maximum absolute atomic E-state index is 9.97. The molecule has 1 heterocycles. The summed E-state index contributed by atoms with van der Waals surface area (Å²) in [7, 11) is 3.48. The van der Waals surface area contributed by atoms with Crippen molar-refractivity contribution in [2.75, 3.05) is 5.75 Å². The zero-order valence-corrected chi connectivity index (χ0v) is 5.43. The fourth-order valence-corrected chi connectivity index (χ4v) is 2.99. The van der Waals surface area contributed by atoms with Gasteiger partial charge in [-0.15, -0.1) is 0 Å². The molecule has 7 heavy (non-hydrogen) atoms. The summed E-state index contributed by atoms with van der Waals surface area (Å²) >= 11 is 0. The SMILES string of the molecule is O=CC1CCSS1. The van der Waals surface area contributed by atoms with Gasteiger partial charge in [0.1, 0.15) is 6.29 Å². The van der Waals surface area contributed by atoms with Gasteiger partial charge in [-0.2, -0.15) is 0 Å². The summed E-state index contributed by atoms with van der Waals surface area (Å²) in [6, 6.07) is 0. The first-order valence-corrected chi connectivity index (χ1v) is 4.55. The lowest BCUT2D eigenvalue weighted by molar-refractivity contribution is -0.107. The molecule has 0 aromatic rings. The van der Waals surface area contributed by atoms with Crippen molar-refractivity contribution in [2.45, 2.75) is 11.7 Å². The molecular formula is C4H6OS2. The maximum Gasteiger partial charge on any atom is 0.133 e. The van der Waals surface area contributed by atoms with E-state index < -0.39 is 0 Å². The van der Waals surface area contributed by atoms with Crippen LogP contribution in [0.3, 0.4) is 0 Å². The molecule has 1 fully saturated rings. The van der Waals surface area contributed by atoms with Crippen molar-refractivity contribution in [1.29, 1.82) is 0 Å². The van der Waals surface area contributed by atoms with Crippen LogP contribution in [0.15, 0.2) is 0 Å². The number of carbonyl (C=O) groups is 1. The minimum absolute atomic E-state index is 0.296. The monoisotopic (exact) mass is 134 g/mol. The van der Waals surface area contributed by atoms with Gasteiger partial charge in [0, 0.05) is 5.75 Å². The number of carbonyl (C=O) groups excluding carboxylic acids is 1. The first-order chi connectivity index (χ1) is 3.43. The third kappa shape index (κ3) is 1.39. The van der Waals surface area contributed by atoms with E-state index in [9.17, 15) is 4.79 Å². The Bertz CT molecular complexity index is 68.1. The average molecular weight is 134 g/mol. The average Bonchev–Trinajstić information content (AvgIpc) is 2.14. The molecule has 0 aromatic heterocycles. The molecule has 1 aliphatic rings. The minimum atomic E-state index is 0.296. The Morgan fingerprint density at radius 1 is 1.71 bits per heavy atom. The highest BCUT2D eigenvalue weighted by Gasteiger charge is 2.13. The van der Waals surface area contributed by atoms with Gasteiger partial charge in [-0.3, -0.25) is 0 Å². The van der Waals surface area contributed by atoms with Crippen molar-refractivity contribution in [2.24, 2.45) is 0 Å². The third-order valence-corrected chi connectivity index (χ3v) is 3.61. The van der Waals surface area contributed by atoms with E-state index in [1.54, 1.807) is 21.6 Å². The summed E-state index contributed by atoms with van der Waals surface area (Å²) < 4.78 is 0. The highest BCUT2D eigenvalue weighted by Crippen LogP contribution is 2.35. The predicted molar refractivity (Wildman–Crippen MR) is 34.5 cm³/mol. The van der Waals surface area contributed by atoms with Crippen LogP contribution in [0.4, 0.5) is 0 Å². The summed E-state index contributed by atoms with van der Waals surface area (Å²) in [6.45, 7) is 0. The van der Waals surface area contributed by atoms with Gasteiger partial charge in [0.2, 0.25) is 0 Å². The summed E-state index contributed by atoms with van der Waals surface area (Å²) in [6.07, 6.45) is 2.10. The number of hydrogen-bond acceptors (Lipinski definition) is 3. The molecule has 0 amide bonds. The molecule has 1 unspecified atom stereocenters. The summed E-state index contributed by atoms with van der Waals surface area (Å²) in [5, 5.41) is 0.296. The quantitative estimate of drug-likeness (QED) is 0.398. The Morgan fingerprint density at radius 2 is 2.57 bits per heavy atom. The van der Waals surface area contributed by atoms with Gasteiger partial charge in [-0.25, -0.2) is 0 Å². The van der Waals surface area contributed by atoms with Gasteiger partial charge < -0.3 is 4.79 Å². The van der Waals surface area contributed by atoms with Gasteiger partial charge in [-0.1, -0.05) is 21.6 Å². The predicted octanol–water partition coefficient (Wildman–Crippen LogP) is 1.34. The van der Waals surface area contributed by atoms with Crippen LogP contribution in [0, 0.1) is 0 Å². The van der Waals surface area contributed by atoms with Crippen LogP contribution >= 0.6 is 21.6 Å². The zero-order valence-electron chi connectivity index (χ0n) is 3.79. The van der Waals surface area contributed by atoms with Crippen LogP contribution in [0.2, 0.25) is 0 Å². The van der Waals surface area contributed by atoms with E-state index in [0.29, 0.717) is 5.25 Å². The minimum Gasteiger partial charge on any atom is -0.302 e. The molecule has 40 valence electrons. The Balaban J connectivity index is 2.26. The fraction of sp³-hybridized carbons (Fsp3) is 0.750. The van der Waals surface area contributed by atoms with Crippen molar-refractivity contribution >= 4 is 27.9 Å². The molecule has 1 saturated heterocycles. The number of rotatable bonds is 1. The largest absolute Gasteiger partial charge is 0.302 e. The standard InChI is InChI=1S/C4H6OS2/c5-3-4-1-2-6-7-4/h3-4H,1-2H2. The van der Waals surface area contributed by atoms with E-state index in [1.807, 2.05) is 0 Å². The molecule has 0 aromatic carbocycles. The van der Waals surface area contributed by atoms with E-state index in [0.717, 1.165) is 18.5 Å². The van der Waals surface area contributed by atoms with Gasteiger partial charge >= 0.3 is 0 Å². The van der Waals surface area contributed by atoms with Crippen LogP contribution in [-0.2, 0) is 4.79 Å². The van der Waals surface area contributed by atoms with Gasteiger partial charge in [0.15, 0.2) is 0 Å². The molecule has 0 spiro atoms. The third-order valence-electron chi connectivity index (χ3n) is 0.829. The molecule has 0 saturated carbocycles. The van der Waals surface area contributed by atoms with Gasteiger partial charge in [0.05, 0.1) is 5.25 Å². The highest BCUT2D eigenvalue weighted by atomic mass is 33.1. The Hall–Kier alpha value is 0.370. The number of aldehydes is 1.